The van der Waals surface area contributed by atoms with Crippen molar-refractivity contribution >= 4 is 23.2 Å². The van der Waals surface area contributed by atoms with E-state index in [0.29, 0.717) is 16.3 Å². The summed E-state index contributed by atoms with van der Waals surface area (Å²) in [5.74, 6) is -0.721. The Balaban J connectivity index is 0.000000333. The molecular formula is C46H45F9N6O4. The first kappa shape index (κ1) is 49.0. The molecule has 6 aromatic rings. The zero-order chi connectivity index (χ0) is 47.9. The number of carbonyl (C=O) groups excluding carboxylic acids is 2. The average molecular weight is 917 g/mol. The summed E-state index contributed by atoms with van der Waals surface area (Å²) in [6.07, 6.45) is -11.3. The second kappa shape index (κ2) is 20.2. The molecule has 2 aromatic heterocycles. The van der Waals surface area contributed by atoms with Crippen LogP contribution in [0.3, 0.4) is 0 Å². The lowest BCUT2D eigenvalue weighted by Gasteiger charge is -2.17. The number of aromatic nitrogens is 4. The van der Waals surface area contributed by atoms with E-state index >= 15 is 0 Å². The fourth-order valence-electron chi connectivity index (χ4n) is 6.20. The van der Waals surface area contributed by atoms with E-state index in [1.807, 2.05) is 38.1 Å². The van der Waals surface area contributed by atoms with Crippen LogP contribution in [0.2, 0.25) is 0 Å². The van der Waals surface area contributed by atoms with Gasteiger partial charge < -0.3 is 10.6 Å². The molecule has 0 radical (unpaired) electrons. The van der Waals surface area contributed by atoms with Gasteiger partial charge in [-0.3, -0.25) is 19.2 Å². The number of carbonyl (C=O) groups is 2. The summed E-state index contributed by atoms with van der Waals surface area (Å²) in [6, 6.07) is 23.2. The van der Waals surface area contributed by atoms with Gasteiger partial charge in [0.25, 0.3) is 11.1 Å². The first-order chi connectivity index (χ1) is 30.6. The molecule has 1 aliphatic carbocycles. The van der Waals surface area contributed by atoms with Crippen molar-refractivity contribution in [3.8, 4) is 22.5 Å². The van der Waals surface area contributed by atoms with E-state index in [0.717, 1.165) is 64.8 Å². The van der Waals surface area contributed by atoms with Crippen LogP contribution in [-0.4, -0.2) is 31.4 Å². The molecule has 7 rings (SSSR count). The van der Waals surface area contributed by atoms with Crippen molar-refractivity contribution < 1.29 is 52.0 Å². The SMILES string of the molecule is CC.CC(C(=O)Nc1ccc(C(F)(F)F)cc1)n1nc(-c2ccc(C3CC3)cc2)ccc1=O.CC(C(=O)Nc1ccc(C(F)(F)F)cc1)n1nc(-c2ccccc2C(F)(F)F)ccc1=O.[HH].[HH]. The van der Waals surface area contributed by atoms with Gasteiger partial charge in [0.15, 0.2) is 0 Å². The molecule has 1 fully saturated rings. The highest BCUT2D eigenvalue weighted by Crippen LogP contribution is 2.40. The molecule has 2 unspecified atom stereocenters. The number of nitrogens with zero attached hydrogens (tertiary/aromatic N) is 4. The van der Waals surface area contributed by atoms with Crippen LogP contribution in [0, 0.1) is 0 Å². The van der Waals surface area contributed by atoms with Crippen molar-refractivity contribution in [3.63, 3.8) is 0 Å². The van der Waals surface area contributed by atoms with E-state index in [1.54, 1.807) is 6.07 Å². The van der Waals surface area contributed by atoms with Crippen molar-refractivity contribution in [2.24, 2.45) is 0 Å². The summed E-state index contributed by atoms with van der Waals surface area (Å²) >= 11 is 0. The molecule has 0 bridgehead atoms. The van der Waals surface area contributed by atoms with Gasteiger partial charge in [-0.1, -0.05) is 56.3 Å². The van der Waals surface area contributed by atoms with Crippen LogP contribution in [0.1, 0.15) is 83.6 Å². The third-order valence-corrected chi connectivity index (χ3v) is 9.87. The molecule has 10 nitrogen and oxygen atoms in total. The van der Waals surface area contributed by atoms with Gasteiger partial charge in [-0.15, -0.1) is 0 Å². The van der Waals surface area contributed by atoms with Crippen LogP contribution >= 0.6 is 0 Å². The summed E-state index contributed by atoms with van der Waals surface area (Å²) in [5, 5.41) is 13.1. The highest BCUT2D eigenvalue weighted by atomic mass is 19.4. The zero-order valence-corrected chi connectivity index (χ0v) is 35.0. The minimum atomic E-state index is -4.66. The monoisotopic (exact) mass is 916 g/mol. The maximum atomic E-state index is 13.3. The minimum absolute atomic E-state index is 0. The quantitative estimate of drug-likeness (QED) is 0.139. The number of nitrogens with one attached hydrogen (secondary N) is 2. The van der Waals surface area contributed by atoms with E-state index in [2.05, 4.69) is 20.8 Å². The number of rotatable bonds is 9. The number of anilines is 2. The Bertz CT molecular complexity index is 2720. The van der Waals surface area contributed by atoms with Gasteiger partial charge in [0.2, 0.25) is 11.8 Å². The molecule has 0 saturated heterocycles. The maximum absolute atomic E-state index is 13.3. The Morgan fingerprint density at radius 1 is 0.569 bits per heavy atom. The van der Waals surface area contributed by atoms with Crippen LogP contribution in [0.15, 0.2) is 131 Å². The minimum Gasteiger partial charge on any atom is -0.324 e. The summed E-state index contributed by atoms with van der Waals surface area (Å²) in [6.45, 7) is 6.79. The highest BCUT2D eigenvalue weighted by Gasteiger charge is 2.34. The molecule has 0 aliphatic heterocycles. The Morgan fingerprint density at radius 3 is 1.40 bits per heavy atom. The van der Waals surface area contributed by atoms with Crippen molar-refractivity contribution in [1.82, 2.24) is 19.6 Å². The molecule has 19 heteroatoms. The average Bonchev–Trinajstić information content (AvgIpc) is 4.13. The van der Waals surface area contributed by atoms with Crippen LogP contribution in [-0.2, 0) is 28.1 Å². The van der Waals surface area contributed by atoms with E-state index in [-0.39, 0.29) is 25.5 Å². The number of alkyl halides is 9. The molecule has 0 spiro atoms. The molecule has 2 atom stereocenters. The maximum Gasteiger partial charge on any atom is 0.417 e. The summed E-state index contributed by atoms with van der Waals surface area (Å²) in [4.78, 5) is 49.6. The lowest BCUT2D eigenvalue weighted by molar-refractivity contribution is -0.138. The number of hydrogen-bond acceptors (Lipinski definition) is 6. The van der Waals surface area contributed by atoms with Crippen LogP contribution < -0.4 is 21.8 Å². The Kier molecular flexibility index (Phi) is 15.2. The third kappa shape index (κ3) is 12.6. The van der Waals surface area contributed by atoms with Crippen molar-refractivity contribution in [1.29, 1.82) is 0 Å². The number of hydrogen-bond donors (Lipinski definition) is 2. The van der Waals surface area contributed by atoms with Crippen LogP contribution in [0.25, 0.3) is 22.5 Å². The van der Waals surface area contributed by atoms with Gasteiger partial charge >= 0.3 is 18.5 Å². The molecule has 1 aliphatic rings. The van der Waals surface area contributed by atoms with Gasteiger partial charge in [-0.05, 0) is 105 Å². The number of benzene rings is 4. The Labute approximate surface area is 368 Å². The highest BCUT2D eigenvalue weighted by molar-refractivity contribution is 5.94. The summed E-state index contributed by atoms with van der Waals surface area (Å²) < 4.78 is 118. The van der Waals surface area contributed by atoms with Gasteiger partial charge in [0.1, 0.15) is 12.1 Å². The van der Waals surface area contributed by atoms with E-state index < -0.39 is 70.2 Å². The first-order valence-electron chi connectivity index (χ1n) is 20.0. The smallest absolute Gasteiger partial charge is 0.324 e. The molecule has 2 heterocycles. The number of halogens is 9. The second-order valence-electron chi connectivity index (χ2n) is 14.4. The van der Waals surface area contributed by atoms with Crippen molar-refractivity contribution in [2.45, 2.75) is 77.1 Å². The Hall–Kier alpha value is -7.05. The predicted octanol–water partition coefficient (Wildman–Crippen LogP) is 11.7. The second-order valence-corrected chi connectivity index (χ2v) is 14.4. The molecule has 65 heavy (non-hydrogen) atoms. The molecule has 4 aromatic carbocycles. The topological polar surface area (TPSA) is 128 Å². The lowest BCUT2D eigenvalue weighted by Crippen LogP contribution is -2.33. The zero-order valence-electron chi connectivity index (χ0n) is 35.0. The standard InChI is InChI=1S/C23H20F3N3O2.C21H15F6N3O2.C2H6.2H2/c1-14(22(31)27-19-10-8-18(9-11-19)23(24,25)26)29-21(30)13-12-20(28-29)17-6-4-16(5-7-17)15-2-3-15;1-12(19(32)28-14-8-6-13(7-9-14)20(22,23)24)30-18(31)11-10-17(29-30)15-4-2-3-5-16(15)21(25,26)27;1-2;;/h4-15H,2-3H2,1H3,(H,27,31);2-12H,1H3,(H,28,32);1-2H3;2*1H. The summed E-state index contributed by atoms with van der Waals surface area (Å²) in [7, 11) is 0. The van der Waals surface area contributed by atoms with Crippen molar-refractivity contribution in [2.75, 3.05) is 10.6 Å². The van der Waals surface area contributed by atoms with Crippen molar-refractivity contribution in [3.05, 3.63) is 164 Å². The normalized spacial score (nSPS) is 13.6. The largest absolute Gasteiger partial charge is 0.417 e. The molecule has 2 N–H and O–H groups in total. The van der Waals surface area contributed by atoms with Gasteiger partial charge in [0, 0.05) is 37.5 Å². The fourth-order valence-corrected chi connectivity index (χ4v) is 6.20. The van der Waals surface area contributed by atoms with E-state index in [1.165, 1.54) is 68.7 Å². The van der Waals surface area contributed by atoms with Gasteiger partial charge in [0.05, 0.1) is 28.1 Å². The third-order valence-electron chi connectivity index (χ3n) is 9.87. The molecular weight excluding hydrogens is 872 g/mol. The van der Waals surface area contributed by atoms with Crippen LogP contribution in [0.4, 0.5) is 50.9 Å². The first-order valence-corrected chi connectivity index (χ1v) is 20.0. The fraction of sp³-hybridized carbons (Fsp3) is 0.261. The van der Waals surface area contributed by atoms with Crippen LogP contribution in [0.5, 0.6) is 0 Å². The molecule has 1 saturated carbocycles. The lowest BCUT2D eigenvalue weighted by atomic mass is 10.0. The van der Waals surface area contributed by atoms with Gasteiger partial charge in [-0.25, -0.2) is 9.36 Å². The molecule has 346 valence electrons. The Morgan fingerprint density at radius 2 is 0.985 bits per heavy atom. The van der Waals surface area contributed by atoms with E-state index in [9.17, 15) is 58.7 Å². The van der Waals surface area contributed by atoms with E-state index in [4.69, 9.17) is 0 Å². The van der Waals surface area contributed by atoms with Gasteiger partial charge in [-0.2, -0.15) is 49.7 Å². The predicted molar refractivity (Wildman–Crippen MR) is 230 cm³/mol. The summed E-state index contributed by atoms with van der Waals surface area (Å²) in [5.41, 5.74) is -1.41. The molecule has 2 amide bonds. The number of amides is 2.